The number of aliphatic hydroxyl groups is 8. The molecule has 1 aliphatic rings. The first-order valence-corrected chi connectivity index (χ1v) is 5.69. The van der Waals surface area contributed by atoms with E-state index in [4.69, 9.17) is 5.73 Å². The van der Waals surface area contributed by atoms with Crippen LogP contribution in [0.25, 0.3) is 0 Å². The summed E-state index contributed by atoms with van der Waals surface area (Å²) in [6.07, 6.45) is 0. The second-order valence-corrected chi connectivity index (χ2v) is 4.75. The quantitative estimate of drug-likeness (QED) is 0.177. The number of benzene rings is 1. The third-order valence-corrected chi connectivity index (χ3v) is 3.10. The zero-order chi connectivity index (χ0) is 18.0. The summed E-state index contributed by atoms with van der Waals surface area (Å²) in [6.45, 7) is 0. The molecular formula is C10H12F2N2O9. The van der Waals surface area contributed by atoms with E-state index in [2.05, 4.69) is 4.74 Å². The van der Waals surface area contributed by atoms with Crippen molar-refractivity contribution in [1.29, 1.82) is 0 Å². The average Bonchev–Trinajstić information content (AvgIpc) is 2.32. The van der Waals surface area contributed by atoms with E-state index in [1.165, 1.54) is 0 Å². The fourth-order valence-corrected chi connectivity index (χ4v) is 1.90. The minimum atomic E-state index is -4.24. The van der Waals surface area contributed by atoms with Gasteiger partial charge in [-0.15, -0.1) is 0 Å². The smallest absolute Gasteiger partial charge is 0.362 e. The van der Waals surface area contributed by atoms with Crippen LogP contribution in [-0.2, 0) is 4.74 Å². The van der Waals surface area contributed by atoms with Crippen LogP contribution in [0.3, 0.4) is 0 Å². The molecule has 11 nitrogen and oxygen atoms in total. The zero-order valence-electron chi connectivity index (χ0n) is 10.9. The summed E-state index contributed by atoms with van der Waals surface area (Å²) in [5, 5.41) is 76.0. The Morgan fingerprint density at radius 2 is 1.17 bits per heavy atom. The van der Waals surface area contributed by atoms with Gasteiger partial charge in [-0.2, -0.15) is 0 Å². The molecule has 10 N–H and O–H groups in total. The standard InChI is InChI=1S/C10H12F2N2O9/c11-4-1-3(2-5(12)6(4)13)14-7(15,16)9(19,20)23-10(21,22)8(14,17)18/h1-2,15-22H,13H2. The lowest BCUT2D eigenvalue weighted by Crippen LogP contribution is -2.84. The van der Waals surface area contributed by atoms with Crippen molar-refractivity contribution in [1.82, 2.24) is 0 Å². The van der Waals surface area contributed by atoms with Gasteiger partial charge in [-0.1, -0.05) is 0 Å². The van der Waals surface area contributed by atoms with Gasteiger partial charge in [0.05, 0.1) is 5.69 Å². The number of anilines is 2. The number of ether oxygens (including phenoxy) is 1. The van der Waals surface area contributed by atoms with E-state index in [0.29, 0.717) is 0 Å². The molecule has 0 aliphatic carbocycles. The van der Waals surface area contributed by atoms with Crippen LogP contribution in [0.4, 0.5) is 20.2 Å². The molecule has 1 aromatic rings. The third kappa shape index (κ3) is 2.31. The molecule has 130 valence electrons. The zero-order valence-corrected chi connectivity index (χ0v) is 10.9. The van der Waals surface area contributed by atoms with Crippen molar-refractivity contribution in [3.63, 3.8) is 0 Å². The van der Waals surface area contributed by atoms with E-state index < -0.39 is 51.7 Å². The van der Waals surface area contributed by atoms with E-state index in [-0.39, 0.29) is 12.1 Å². The summed E-state index contributed by atoms with van der Waals surface area (Å²) < 4.78 is 30.6. The van der Waals surface area contributed by atoms with Crippen molar-refractivity contribution < 1.29 is 54.4 Å². The topological polar surface area (TPSA) is 200 Å². The molecule has 0 unspecified atom stereocenters. The summed E-state index contributed by atoms with van der Waals surface area (Å²) in [7, 11) is 0. The average molecular weight is 342 g/mol. The number of hydrogen-bond acceptors (Lipinski definition) is 11. The van der Waals surface area contributed by atoms with Gasteiger partial charge in [-0.05, 0) is 12.1 Å². The number of nitrogens with zero attached hydrogens (tertiary/aromatic N) is 1. The number of nitrogens with two attached hydrogens (primary N) is 1. The summed E-state index contributed by atoms with van der Waals surface area (Å²) in [5.74, 6) is -19.9. The second-order valence-electron chi connectivity index (χ2n) is 4.75. The fourth-order valence-electron chi connectivity index (χ4n) is 1.90. The molecule has 0 radical (unpaired) electrons. The highest BCUT2D eigenvalue weighted by Gasteiger charge is 2.74. The lowest BCUT2D eigenvalue weighted by Gasteiger charge is -2.55. The van der Waals surface area contributed by atoms with E-state index in [1.54, 1.807) is 0 Å². The minimum absolute atomic E-state index is 0.221. The highest BCUT2D eigenvalue weighted by Crippen LogP contribution is 2.44. The highest BCUT2D eigenvalue weighted by atomic mass is 19.1. The highest BCUT2D eigenvalue weighted by molar-refractivity contribution is 5.57. The summed E-state index contributed by atoms with van der Waals surface area (Å²) in [5.41, 5.74) is 2.78. The Morgan fingerprint density at radius 3 is 1.52 bits per heavy atom. The molecule has 0 atom stereocenters. The first kappa shape index (κ1) is 17.7. The number of morpholine rings is 1. The fraction of sp³-hybridized carbons (Fsp3) is 0.400. The molecule has 1 fully saturated rings. The molecule has 1 heterocycles. The molecular weight excluding hydrogens is 330 g/mol. The molecule has 0 bridgehead atoms. The lowest BCUT2D eigenvalue weighted by atomic mass is 10.1. The van der Waals surface area contributed by atoms with Crippen molar-refractivity contribution in [3.8, 4) is 0 Å². The van der Waals surface area contributed by atoms with E-state index >= 15 is 0 Å². The van der Waals surface area contributed by atoms with Gasteiger partial charge in [0.1, 0.15) is 5.69 Å². The van der Waals surface area contributed by atoms with Gasteiger partial charge in [-0.25, -0.2) is 8.78 Å². The Labute approximate surface area is 125 Å². The molecule has 2 rings (SSSR count). The van der Waals surface area contributed by atoms with Gasteiger partial charge in [0.15, 0.2) is 11.6 Å². The summed E-state index contributed by atoms with van der Waals surface area (Å²) >= 11 is 0. The molecule has 0 aromatic heterocycles. The molecule has 13 heteroatoms. The van der Waals surface area contributed by atoms with Crippen LogP contribution >= 0.6 is 0 Å². The first-order valence-electron chi connectivity index (χ1n) is 5.69. The Hall–Kier alpha value is -1.68. The molecule has 1 saturated heterocycles. The van der Waals surface area contributed by atoms with Crippen molar-refractivity contribution >= 4 is 11.4 Å². The molecule has 23 heavy (non-hydrogen) atoms. The minimum Gasteiger partial charge on any atom is -0.394 e. The number of nitrogen functional groups attached to an aromatic ring is 1. The predicted octanol–water partition coefficient (Wildman–Crippen LogP) is -4.06. The Morgan fingerprint density at radius 1 is 0.826 bits per heavy atom. The van der Waals surface area contributed by atoms with E-state index in [9.17, 15) is 49.6 Å². The van der Waals surface area contributed by atoms with Gasteiger partial charge in [-0.3, -0.25) is 9.64 Å². The molecule has 0 amide bonds. The number of hydrogen-bond donors (Lipinski definition) is 9. The summed E-state index contributed by atoms with van der Waals surface area (Å²) in [4.78, 5) is -0.727. The van der Waals surface area contributed by atoms with Crippen LogP contribution in [0.5, 0.6) is 0 Å². The van der Waals surface area contributed by atoms with Gasteiger partial charge in [0.2, 0.25) is 0 Å². The van der Waals surface area contributed by atoms with Crippen LogP contribution in [-0.4, -0.2) is 64.6 Å². The third-order valence-electron chi connectivity index (χ3n) is 3.10. The maximum absolute atomic E-state index is 13.5. The van der Waals surface area contributed by atoms with Crippen molar-refractivity contribution in [2.45, 2.75) is 23.8 Å². The second kappa shape index (κ2) is 4.67. The van der Waals surface area contributed by atoms with Crippen LogP contribution in [0.15, 0.2) is 12.1 Å². The van der Waals surface area contributed by atoms with Crippen molar-refractivity contribution in [3.05, 3.63) is 23.8 Å². The molecule has 0 saturated carbocycles. The van der Waals surface area contributed by atoms with Crippen LogP contribution in [0.1, 0.15) is 0 Å². The number of rotatable bonds is 1. The number of halogens is 2. The summed E-state index contributed by atoms with van der Waals surface area (Å²) in [6, 6.07) is 0.441. The normalized spacial score (nSPS) is 24.5. The SMILES string of the molecule is Nc1c(F)cc(N2C(O)(O)C(O)(O)OC(O)(O)C2(O)O)cc1F. The van der Waals surface area contributed by atoms with Crippen LogP contribution in [0.2, 0.25) is 0 Å². The van der Waals surface area contributed by atoms with Gasteiger partial charge in [0, 0.05) is 0 Å². The van der Waals surface area contributed by atoms with Gasteiger partial charge in [0.25, 0.3) is 0 Å². The van der Waals surface area contributed by atoms with Gasteiger partial charge >= 0.3 is 23.8 Å². The lowest BCUT2D eigenvalue weighted by molar-refractivity contribution is -0.606. The first-order chi connectivity index (χ1) is 10.1. The van der Waals surface area contributed by atoms with E-state index in [1.807, 2.05) is 0 Å². The maximum atomic E-state index is 13.5. The van der Waals surface area contributed by atoms with Crippen LogP contribution < -0.4 is 10.6 Å². The Balaban J connectivity index is 2.74. The largest absolute Gasteiger partial charge is 0.394 e. The predicted molar refractivity (Wildman–Crippen MR) is 63.0 cm³/mol. The molecule has 1 aromatic carbocycles. The Kier molecular flexibility index (Phi) is 3.58. The van der Waals surface area contributed by atoms with E-state index in [0.717, 1.165) is 0 Å². The Bertz CT molecular complexity index is 600. The van der Waals surface area contributed by atoms with Crippen molar-refractivity contribution in [2.75, 3.05) is 10.6 Å². The maximum Gasteiger partial charge on any atom is 0.362 e. The molecule has 0 spiro atoms. The van der Waals surface area contributed by atoms with Crippen molar-refractivity contribution in [2.24, 2.45) is 0 Å². The van der Waals surface area contributed by atoms with Gasteiger partial charge < -0.3 is 46.6 Å². The monoisotopic (exact) mass is 342 g/mol. The van der Waals surface area contributed by atoms with Crippen LogP contribution in [0, 0.1) is 11.6 Å². The molecule has 1 aliphatic heterocycles.